The standard InChI is InChI=1S/C25H38N6O.HI/c1-6-26-25(28-18(2)16-23-19(3)29-30(5)20(23)4)27-17-21-10-12-22(13-11-21)24(32)31-14-8-7-9-15-31;/h10-13,18H,6-9,14-17H2,1-5H3,(H2,26,27,28);1H. The average Bonchev–Trinajstić information content (AvgIpc) is 3.04. The van der Waals surface area contributed by atoms with Gasteiger partial charge in [-0.15, -0.1) is 24.0 Å². The number of rotatable bonds is 7. The van der Waals surface area contributed by atoms with Crippen LogP contribution in [-0.2, 0) is 20.0 Å². The molecule has 1 saturated heterocycles. The summed E-state index contributed by atoms with van der Waals surface area (Å²) in [5.74, 6) is 0.942. The van der Waals surface area contributed by atoms with Gasteiger partial charge in [-0.25, -0.2) is 4.99 Å². The minimum atomic E-state index is 0. The zero-order valence-corrected chi connectivity index (χ0v) is 23.0. The summed E-state index contributed by atoms with van der Waals surface area (Å²) in [7, 11) is 1.99. The normalized spacial score (nSPS) is 15.1. The van der Waals surface area contributed by atoms with Crippen molar-refractivity contribution in [3.05, 3.63) is 52.3 Å². The van der Waals surface area contributed by atoms with E-state index < -0.39 is 0 Å². The van der Waals surface area contributed by atoms with Gasteiger partial charge in [0.1, 0.15) is 0 Å². The number of nitrogens with one attached hydrogen (secondary N) is 2. The molecule has 0 spiro atoms. The zero-order valence-electron chi connectivity index (χ0n) is 20.6. The molecule has 1 amide bonds. The number of hydrogen-bond acceptors (Lipinski definition) is 3. The van der Waals surface area contributed by atoms with Crippen LogP contribution in [0.1, 0.15) is 66.0 Å². The lowest BCUT2D eigenvalue weighted by molar-refractivity contribution is 0.0724. The molecule has 1 fully saturated rings. The highest BCUT2D eigenvalue weighted by atomic mass is 127. The molecule has 0 saturated carbocycles. The van der Waals surface area contributed by atoms with Gasteiger partial charge in [0, 0.05) is 44.0 Å². The molecule has 1 aromatic carbocycles. The number of nitrogens with zero attached hydrogens (tertiary/aromatic N) is 4. The quantitative estimate of drug-likeness (QED) is 0.302. The molecule has 2 heterocycles. The van der Waals surface area contributed by atoms with Crippen molar-refractivity contribution in [2.24, 2.45) is 12.0 Å². The Labute approximate surface area is 215 Å². The summed E-state index contributed by atoms with van der Waals surface area (Å²) in [6.45, 7) is 11.5. The number of likely N-dealkylation sites (tertiary alicyclic amines) is 1. The van der Waals surface area contributed by atoms with E-state index in [2.05, 4.69) is 43.4 Å². The number of carbonyl (C=O) groups is 1. The fraction of sp³-hybridized carbons (Fsp3) is 0.560. The number of aliphatic imine (C=N–C) groups is 1. The Morgan fingerprint density at radius 2 is 1.82 bits per heavy atom. The third-order valence-electron chi connectivity index (χ3n) is 6.16. The molecule has 1 unspecified atom stereocenters. The summed E-state index contributed by atoms with van der Waals surface area (Å²) in [5.41, 5.74) is 5.43. The first-order valence-electron chi connectivity index (χ1n) is 11.8. The lowest BCUT2D eigenvalue weighted by Crippen LogP contribution is -2.43. The number of carbonyl (C=O) groups excluding carboxylic acids is 1. The van der Waals surface area contributed by atoms with Gasteiger partial charge in [0.25, 0.3) is 5.91 Å². The minimum Gasteiger partial charge on any atom is -0.357 e. The van der Waals surface area contributed by atoms with Crippen molar-refractivity contribution in [2.75, 3.05) is 19.6 Å². The summed E-state index contributed by atoms with van der Waals surface area (Å²) in [6.07, 6.45) is 4.33. The van der Waals surface area contributed by atoms with Crippen LogP contribution < -0.4 is 10.6 Å². The second kappa shape index (κ2) is 13.0. The minimum absolute atomic E-state index is 0. The van der Waals surface area contributed by atoms with Gasteiger partial charge in [0.05, 0.1) is 12.2 Å². The Morgan fingerprint density at radius 1 is 1.15 bits per heavy atom. The maximum atomic E-state index is 12.7. The monoisotopic (exact) mass is 566 g/mol. The largest absolute Gasteiger partial charge is 0.357 e. The third-order valence-corrected chi connectivity index (χ3v) is 6.16. The van der Waals surface area contributed by atoms with E-state index in [1.165, 1.54) is 17.7 Å². The van der Waals surface area contributed by atoms with Gasteiger partial charge in [-0.3, -0.25) is 9.48 Å². The van der Waals surface area contributed by atoms with Crippen molar-refractivity contribution < 1.29 is 4.79 Å². The summed E-state index contributed by atoms with van der Waals surface area (Å²) in [6, 6.07) is 8.10. The van der Waals surface area contributed by atoms with Gasteiger partial charge in [0.15, 0.2) is 5.96 Å². The molecule has 0 aliphatic carbocycles. The van der Waals surface area contributed by atoms with Gasteiger partial charge < -0.3 is 15.5 Å². The van der Waals surface area contributed by atoms with Crippen molar-refractivity contribution in [1.82, 2.24) is 25.3 Å². The number of benzene rings is 1. The molecule has 1 aliphatic rings. The molecule has 182 valence electrons. The molecule has 7 nitrogen and oxygen atoms in total. The van der Waals surface area contributed by atoms with Crippen LogP contribution in [0.4, 0.5) is 0 Å². The zero-order chi connectivity index (χ0) is 23.1. The first-order chi connectivity index (χ1) is 15.4. The van der Waals surface area contributed by atoms with Crippen LogP contribution in [0.25, 0.3) is 0 Å². The molecule has 8 heteroatoms. The van der Waals surface area contributed by atoms with E-state index in [1.807, 2.05) is 40.9 Å². The van der Waals surface area contributed by atoms with E-state index in [1.54, 1.807) is 0 Å². The van der Waals surface area contributed by atoms with Gasteiger partial charge in [-0.05, 0) is 76.6 Å². The Kier molecular flexibility index (Phi) is 10.7. The Bertz CT molecular complexity index is 931. The smallest absolute Gasteiger partial charge is 0.253 e. The average molecular weight is 567 g/mol. The molecular formula is C25H39IN6O. The molecule has 2 aromatic rings. The fourth-order valence-electron chi connectivity index (χ4n) is 4.23. The fourth-order valence-corrected chi connectivity index (χ4v) is 4.23. The number of hydrogen-bond donors (Lipinski definition) is 2. The Hall–Kier alpha value is -2.10. The second-order valence-corrected chi connectivity index (χ2v) is 8.77. The predicted molar refractivity (Wildman–Crippen MR) is 145 cm³/mol. The highest BCUT2D eigenvalue weighted by molar-refractivity contribution is 14.0. The molecule has 0 bridgehead atoms. The maximum Gasteiger partial charge on any atom is 0.253 e. The number of amides is 1. The van der Waals surface area contributed by atoms with Crippen molar-refractivity contribution in [1.29, 1.82) is 0 Å². The van der Waals surface area contributed by atoms with E-state index in [0.717, 1.165) is 61.7 Å². The van der Waals surface area contributed by atoms with Gasteiger partial charge in [0.2, 0.25) is 0 Å². The predicted octanol–water partition coefficient (Wildman–Crippen LogP) is 3.97. The molecular weight excluding hydrogens is 527 g/mol. The molecule has 0 radical (unpaired) electrons. The molecule has 3 rings (SSSR count). The topological polar surface area (TPSA) is 74.6 Å². The third kappa shape index (κ3) is 7.45. The van der Waals surface area contributed by atoms with Crippen molar-refractivity contribution >= 4 is 35.8 Å². The van der Waals surface area contributed by atoms with Crippen molar-refractivity contribution in [3.8, 4) is 0 Å². The first-order valence-corrected chi connectivity index (χ1v) is 11.8. The number of aromatic nitrogens is 2. The highest BCUT2D eigenvalue weighted by Crippen LogP contribution is 2.15. The second-order valence-electron chi connectivity index (χ2n) is 8.77. The number of halogens is 1. The Morgan fingerprint density at radius 3 is 2.39 bits per heavy atom. The van der Waals surface area contributed by atoms with Crippen LogP contribution in [-0.4, -0.2) is 52.2 Å². The molecule has 1 aromatic heterocycles. The number of aryl methyl sites for hydroxylation is 2. The van der Waals surface area contributed by atoms with E-state index in [9.17, 15) is 4.79 Å². The van der Waals surface area contributed by atoms with Crippen LogP contribution in [0.2, 0.25) is 0 Å². The van der Waals surface area contributed by atoms with Crippen LogP contribution in [0.5, 0.6) is 0 Å². The molecule has 1 atom stereocenters. The van der Waals surface area contributed by atoms with Gasteiger partial charge >= 0.3 is 0 Å². The summed E-state index contributed by atoms with van der Waals surface area (Å²) < 4.78 is 1.94. The van der Waals surface area contributed by atoms with Crippen LogP contribution in [0.15, 0.2) is 29.3 Å². The lowest BCUT2D eigenvalue weighted by atomic mass is 10.1. The highest BCUT2D eigenvalue weighted by Gasteiger charge is 2.18. The Balaban J connectivity index is 0.00000385. The van der Waals surface area contributed by atoms with Crippen LogP contribution >= 0.6 is 24.0 Å². The van der Waals surface area contributed by atoms with Gasteiger partial charge in [-0.1, -0.05) is 12.1 Å². The van der Waals surface area contributed by atoms with E-state index in [4.69, 9.17) is 4.99 Å². The SMILES string of the molecule is CCNC(=NCc1ccc(C(=O)N2CCCCC2)cc1)NC(C)Cc1c(C)nn(C)c1C.I. The van der Waals surface area contributed by atoms with E-state index >= 15 is 0 Å². The van der Waals surface area contributed by atoms with Crippen LogP contribution in [0, 0.1) is 13.8 Å². The molecule has 1 aliphatic heterocycles. The van der Waals surface area contributed by atoms with E-state index in [0.29, 0.717) is 6.54 Å². The van der Waals surface area contributed by atoms with E-state index in [-0.39, 0.29) is 35.9 Å². The number of guanidine groups is 1. The first kappa shape index (κ1) is 27.1. The van der Waals surface area contributed by atoms with Gasteiger partial charge in [-0.2, -0.15) is 5.10 Å². The maximum absolute atomic E-state index is 12.7. The van der Waals surface area contributed by atoms with Crippen molar-refractivity contribution in [2.45, 2.75) is 66.0 Å². The number of piperidine rings is 1. The molecule has 2 N–H and O–H groups in total. The summed E-state index contributed by atoms with van der Waals surface area (Å²) >= 11 is 0. The lowest BCUT2D eigenvalue weighted by Gasteiger charge is -2.26. The molecule has 33 heavy (non-hydrogen) atoms. The summed E-state index contributed by atoms with van der Waals surface area (Å²) in [5, 5.41) is 11.4. The van der Waals surface area contributed by atoms with Crippen LogP contribution in [0.3, 0.4) is 0 Å². The van der Waals surface area contributed by atoms with Crippen molar-refractivity contribution in [3.63, 3.8) is 0 Å². The summed E-state index contributed by atoms with van der Waals surface area (Å²) in [4.78, 5) is 19.4.